The van der Waals surface area contributed by atoms with Crippen LogP contribution < -0.4 is 4.90 Å². The minimum absolute atomic E-state index is 0.00856. The lowest BCUT2D eigenvalue weighted by Crippen LogP contribution is -2.36. The fourth-order valence-electron chi connectivity index (χ4n) is 2.28. The van der Waals surface area contributed by atoms with E-state index in [-0.39, 0.29) is 10.8 Å². The molecule has 0 unspecified atom stereocenters. The number of hydrogen-bond acceptors (Lipinski definition) is 3. The van der Waals surface area contributed by atoms with Gasteiger partial charge in [0.2, 0.25) is 5.91 Å². The lowest BCUT2D eigenvalue weighted by molar-refractivity contribution is -0.122. The Bertz CT molecular complexity index is 664. The second kappa shape index (κ2) is 4.35. The minimum atomic E-state index is -3.80. The Morgan fingerprint density at radius 1 is 1.42 bits per heavy atom. The molecule has 0 fully saturated rings. The molecule has 0 N–H and O–H groups in total. The number of nitrogens with zero attached hydrogens (tertiary/aromatic N) is 1. The SMILES string of the molecule is C=CCN1C(=O)C(C)(C)c2cc(S(=O)(=O)Cl)ccc21. The van der Waals surface area contributed by atoms with Crippen molar-refractivity contribution in [1.29, 1.82) is 0 Å². The number of rotatable bonds is 3. The van der Waals surface area contributed by atoms with E-state index in [0.717, 1.165) is 0 Å². The fourth-order valence-corrected chi connectivity index (χ4v) is 3.05. The van der Waals surface area contributed by atoms with Crippen molar-refractivity contribution < 1.29 is 13.2 Å². The van der Waals surface area contributed by atoms with E-state index in [9.17, 15) is 13.2 Å². The molecule has 0 saturated carbocycles. The average molecular weight is 300 g/mol. The maximum absolute atomic E-state index is 12.3. The van der Waals surface area contributed by atoms with Gasteiger partial charge in [0.1, 0.15) is 0 Å². The monoisotopic (exact) mass is 299 g/mol. The highest BCUT2D eigenvalue weighted by Gasteiger charge is 2.43. The smallest absolute Gasteiger partial charge is 0.261 e. The van der Waals surface area contributed by atoms with Crippen LogP contribution in [0.1, 0.15) is 19.4 Å². The molecule has 0 atom stereocenters. The van der Waals surface area contributed by atoms with Gasteiger partial charge in [-0.2, -0.15) is 0 Å². The zero-order valence-electron chi connectivity index (χ0n) is 10.7. The Morgan fingerprint density at radius 2 is 2.05 bits per heavy atom. The molecule has 4 nitrogen and oxygen atoms in total. The van der Waals surface area contributed by atoms with E-state index in [0.29, 0.717) is 17.8 Å². The van der Waals surface area contributed by atoms with Gasteiger partial charge in [0.25, 0.3) is 9.05 Å². The molecule has 0 aliphatic carbocycles. The minimum Gasteiger partial charge on any atom is -0.308 e. The van der Waals surface area contributed by atoms with Crippen LogP contribution in [0.5, 0.6) is 0 Å². The van der Waals surface area contributed by atoms with Crippen LogP contribution in [0.4, 0.5) is 5.69 Å². The number of fused-ring (bicyclic) bond motifs is 1. The molecule has 0 radical (unpaired) electrons. The van der Waals surface area contributed by atoms with Crippen LogP contribution in [0.2, 0.25) is 0 Å². The number of hydrogen-bond donors (Lipinski definition) is 0. The van der Waals surface area contributed by atoms with Gasteiger partial charge in [-0.3, -0.25) is 4.79 Å². The molecule has 1 aromatic rings. The van der Waals surface area contributed by atoms with E-state index >= 15 is 0 Å². The quantitative estimate of drug-likeness (QED) is 0.636. The zero-order valence-corrected chi connectivity index (χ0v) is 12.3. The molecule has 102 valence electrons. The summed E-state index contributed by atoms with van der Waals surface area (Å²) in [4.78, 5) is 13.9. The van der Waals surface area contributed by atoms with Crippen molar-refractivity contribution in [2.45, 2.75) is 24.2 Å². The van der Waals surface area contributed by atoms with Crippen LogP contribution in [0.3, 0.4) is 0 Å². The second-order valence-corrected chi connectivity index (χ2v) is 7.51. The van der Waals surface area contributed by atoms with Crippen LogP contribution in [-0.4, -0.2) is 20.9 Å². The van der Waals surface area contributed by atoms with E-state index in [1.54, 1.807) is 30.9 Å². The Hall–Kier alpha value is -1.33. The van der Waals surface area contributed by atoms with Crippen molar-refractivity contribution in [3.8, 4) is 0 Å². The van der Waals surface area contributed by atoms with Crippen molar-refractivity contribution in [3.63, 3.8) is 0 Å². The largest absolute Gasteiger partial charge is 0.308 e. The first kappa shape index (κ1) is 14.1. The maximum atomic E-state index is 12.3. The van der Waals surface area contributed by atoms with Gasteiger partial charge >= 0.3 is 0 Å². The molecule has 1 amide bonds. The molecule has 1 heterocycles. The molecule has 1 aliphatic rings. The van der Waals surface area contributed by atoms with Crippen molar-refractivity contribution >= 4 is 31.3 Å². The van der Waals surface area contributed by atoms with Crippen molar-refractivity contribution in [1.82, 2.24) is 0 Å². The molecule has 19 heavy (non-hydrogen) atoms. The van der Waals surface area contributed by atoms with E-state index in [4.69, 9.17) is 10.7 Å². The fraction of sp³-hybridized carbons (Fsp3) is 0.308. The summed E-state index contributed by atoms with van der Waals surface area (Å²) < 4.78 is 22.8. The van der Waals surface area contributed by atoms with Crippen LogP contribution in [0, 0.1) is 0 Å². The summed E-state index contributed by atoms with van der Waals surface area (Å²) in [6.07, 6.45) is 1.63. The van der Waals surface area contributed by atoms with Gasteiger partial charge in [-0.1, -0.05) is 6.08 Å². The third-order valence-electron chi connectivity index (χ3n) is 3.31. The van der Waals surface area contributed by atoms with Crippen molar-refractivity contribution in [3.05, 3.63) is 36.4 Å². The summed E-state index contributed by atoms with van der Waals surface area (Å²) in [6.45, 7) is 7.55. The van der Waals surface area contributed by atoms with Crippen LogP contribution in [-0.2, 0) is 19.3 Å². The Labute approximate surface area is 117 Å². The number of amides is 1. The maximum Gasteiger partial charge on any atom is 0.261 e. The normalized spacial score (nSPS) is 17.4. The molecule has 1 aliphatic heterocycles. The topological polar surface area (TPSA) is 54.5 Å². The van der Waals surface area contributed by atoms with Crippen LogP contribution in [0.15, 0.2) is 35.7 Å². The van der Waals surface area contributed by atoms with Gasteiger partial charge in [-0.25, -0.2) is 8.42 Å². The Morgan fingerprint density at radius 3 is 2.58 bits per heavy atom. The van der Waals surface area contributed by atoms with Crippen LogP contribution >= 0.6 is 10.7 Å². The van der Waals surface area contributed by atoms with Crippen molar-refractivity contribution in [2.24, 2.45) is 0 Å². The zero-order chi connectivity index (χ0) is 14.4. The molecule has 2 rings (SSSR count). The molecule has 1 aromatic carbocycles. The molecular formula is C13H14ClNO3S. The first-order valence-electron chi connectivity index (χ1n) is 5.71. The number of benzene rings is 1. The summed E-state index contributed by atoms with van der Waals surface area (Å²) in [7, 11) is 1.55. The Balaban J connectivity index is 2.66. The third-order valence-corrected chi connectivity index (χ3v) is 4.66. The number of halogens is 1. The molecular weight excluding hydrogens is 286 g/mol. The van der Waals surface area contributed by atoms with E-state index in [2.05, 4.69) is 6.58 Å². The van der Waals surface area contributed by atoms with Gasteiger partial charge in [0, 0.05) is 22.9 Å². The predicted octanol–water partition coefficient (Wildman–Crippen LogP) is 2.42. The van der Waals surface area contributed by atoms with E-state index < -0.39 is 14.5 Å². The first-order chi connectivity index (χ1) is 8.69. The highest BCUT2D eigenvalue weighted by molar-refractivity contribution is 8.13. The summed E-state index contributed by atoms with van der Waals surface area (Å²) in [5.74, 6) is -0.0773. The molecule has 0 saturated heterocycles. The first-order valence-corrected chi connectivity index (χ1v) is 8.02. The molecule has 0 bridgehead atoms. The highest BCUT2D eigenvalue weighted by Crippen LogP contribution is 2.42. The van der Waals surface area contributed by atoms with Gasteiger partial charge in [0.15, 0.2) is 0 Å². The summed E-state index contributed by atoms with van der Waals surface area (Å²) in [5, 5.41) is 0. The number of carbonyl (C=O) groups excluding carboxylic acids is 1. The molecule has 6 heteroatoms. The summed E-state index contributed by atoms with van der Waals surface area (Å²) in [5.41, 5.74) is 0.607. The van der Waals surface area contributed by atoms with Gasteiger partial charge in [0.05, 0.1) is 10.3 Å². The van der Waals surface area contributed by atoms with Crippen molar-refractivity contribution in [2.75, 3.05) is 11.4 Å². The van der Waals surface area contributed by atoms with Gasteiger partial charge < -0.3 is 4.90 Å². The third kappa shape index (κ3) is 2.17. The molecule has 0 spiro atoms. The van der Waals surface area contributed by atoms with E-state index in [1.165, 1.54) is 12.1 Å². The summed E-state index contributed by atoms with van der Waals surface area (Å²) >= 11 is 0. The number of anilines is 1. The van der Waals surface area contributed by atoms with Gasteiger partial charge in [-0.05, 0) is 37.6 Å². The summed E-state index contributed by atoms with van der Waals surface area (Å²) in [6, 6.07) is 4.49. The lowest BCUT2D eigenvalue weighted by Gasteiger charge is -2.18. The number of carbonyl (C=O) groups is 1. The van der Waals surface area contributed by atoms with Crippen LogP contribution in [0.25, 0.3) is 0 Å². The standard InChI is InChI=1S/C13H14ClNO3S/c1-4-7-15-11-6-5-9(19(14,17)18)8-10(11)13(2,3)12(15)16/h4-6,8H,1,7H2,2-3H3. The average Bonchev–Trinajstić information content (AvgIpc) is 2.50. The Kier molecular flexibility index (Phi) is 3.23. The van der Waals surface area contributed by atoms with Gasteiger partial charge in [-0.15, -0.1) is 6.58 Å². The highest BCUT2D eigenvalue weighted by atomic mass is 35.7. The second-order valence-electron chi connectivity index (χ2n) is 4.95. The lowest BCUT2D eigenvalue weighted by atomic mass is 9.86. The predicted molar refractivity (Wildman–Crippen MR) is 75.1 cm³/mol. The molecule has 0 aromatic heterocycles. The van der Waals surface area contributed by atoms with E-state index in [1.807, 2.05) is 0 Å².